The Balaban J connectivity index is 1.97. The zero-order valence-electron chi connectivity index (χ0n) is 11.0. The quantitative estimate of drug-likeness (QED) is 0.873. The number of aliphatic hydroxyl groups excluding tert-OH is 1. The van der Waals surface area contributed by atoms with Crippen molar-refractivity contribution in [1.82, 2.24) is 9.78 Å². The first-order valence-electron chi connectivity index (χ1n) is 6.83. The Bertz CT molecular complexity index is 353. The molecule has 3 heteroatoms. The second-order valence-electron chi connectivity index (χ2n) is 5.64. The molecule has 17 heavy (non-hydrogen) atoms. The number of hydrogen-bond donors (Lipinski definition) is 1. The van der Waals surface area contributed by atoms with Crippen LogP contribution in [0.1, 0.15) is 51.5 Å². The number of hydrogen-bond acceptors (Lipinski definition) is 2. The maximum Gasteiger partial charge on any atom is 0.0635 e. The SMILES string of the molecule is CCn1cc(CC(O)C2(C)CCCCC2)cn1. The lowest BCUT2D eigenvalue weighted by molar-refractivity contribution is 0.0104. The minimum absolute atomic E-state index is 0.118. The van der Waals surface area contributed by atoms with Crippen molar-refractivity contribution in [3.05, 3.63) is 18.0 Å². The molecule has 0 spiro atoms. The highest BCUT2D eigenvalue weighted by Crippen LogP contribution is 2.39. The Morgan fingerprint density at radius 1 is 1.41 bits per heavy atom. The molecule has 1 atom stereocenters. The molecule has 96 valence electrons. The van der Waals surface area contributed by atoms with Crippen molar-refractivity contribution in [2.75, 3.05) is 0 Å². The van der Waals surface area contributed by atoms with Crippen LogP contribution >= 0.6 is 0 Å². The van der Waals surface area contributed by atoms with E-state index in [4.69, 9.17) is 0 Å². The van der Waals surface area contributed by atoms with Gasteiger partial charge in [-0.25, -0.2) is 0 Å². The summed E-state index contributed by atoms with van der Waals surface area (Å²) in [6.07, 6.45) is 10.6. The molecule has 1 unspecified atom stereocenters. The van der Waals surface area contributed by atoms with Gasteiger partial charge in [-0.3, -0.25) is 4.68 Å². The van der Waals surface area contributed by atoms with Gasteiger partial charge in [0, 0.05) is 19.2 Å². The molecule has 1 aliphatic carbocycles. The van der Waals surface area contributed by atoms with E-state index in [9.17, 15) is 5.11 Å². The van der Waals surface area contributed by atoms with Crippen LogP contribution in [0.4, 0.5) is 0 Å². The summed E-state index contributed by atoms with van der Waals surface area (Å²) < 4.78 is 1.92. The van der Waals surface area contributed by atoms with Gasteiger partial charge >= 0.3 is 0 Å². The molecule has 1 fully saturated rings. The minimum atomic E-state index is -0.225. The summed E-state index contributed by atoms with van der Waals surface area (Å²) >= 11 is 0. The van der Waals surface area contributed by atoms with E-state index in [-0.39, 0.29) is 11.5 Å². The van der Waals surface area contributed by atoms with Crippen molar-refractivity contribution in [3.8, 4) is 0 Å². The molecule has 0 aromatic carbocycles. The Morgan fingerprint density at radius 2 is 2.12 bits per heavy atom. The van der Waals surface area contributed by atoms with E-state index in [0.29, 0.717) is 0 Å². The van der Waals surface area contributed by atoms with E-state index < -0.39 is 0 Å². The van der Waals surface area contributed by atoms with Crippen molar-refractivity contribution in [2.45, 2.75) is 65.0 Å². The summed E-state index contributed by atoms with van der Waals surface area (Å²) in [5, 5.41) is 14.7. The van der Waals surface area contributed by atoms with Gasteiger partial charge in [0.15, 0.2) is 0 Å². The fraction of sp³-hybridized carbons (Fsp3) is 0.786. The summed E-state index contributed by atoms with van der Waals surface area (Å²) in [6, 6.07) is 0. The Hall–Kier alpha value is -0.830. The van der Waals surface area contributed by atoms with Crippen molar-refractivity contribution in [2.24, 2.45) is 5.41 Å². The highest BCUT2D eigenvalue weighted by atomic mass is 16.3. The topological polar surface area (TPSA) is 38.0 Å². The molecule has 0 aliphatic heterocycles. The Labute approximate surface area is 104 Å². The first-order valence-corrected chi connectivity index (χ1v) is 6.83. The van der Waals surface area contributed by atoms with E-state index in [1.807, 2.05) is 10.9 Å². The van der Waals surface area contributed by atoms with Gasteiger partial charge in [0.25, 0.3) is 0 Å². The van der Waals surface area contributed by atoms with E-state index in [1.165, 1.54) is 19.3 Å². The molecule has 3 nitrogen and oxygen atoms in total. The van der Waals surface area contributed by atoms with Gasteiger partial charge < -0.3 is 5.11 Å². The smallest absolute Gasteiger partial charge is 0.0635 e. The summed E-state index contributed by atoms with van der Waals surface area (Å²) in [5.41, 5.74) is 1.28. The second kappa shape index (κ2) is 5.21. The van der Waals surface area contributed by atoms with Crippen LogP contribution in [0.3, 0.4) is 0 Å². The summed E-state index contributed by atoms with van der Waals surface area (Å²) in [7, 11) is 0. The predicted molar refractivity (Wildman–Crippen MR) is 68.8 cm³/mol. The first kappa shape index (κ1) is 12.6. The van der Waals surface area contributed by atoms with Crippen LogP contribution in [-0.2, 0) is 13.0 Å². The molecule has 0 bridgehead atoms. The average Bonchev–Trinajstić information content (AvgIpc) is 2.78. The van der Waals surface area contributed by atoms with Gasteiger partial charge in [-0.2, -0.15) is 5.10 Å². The maximum atomic E-state index is 10.4. The number of nitrogens with zero attached hydrogens (tertiary/aromatic N) is 2. The Kier molecular flexibility index (Phi) is 3.87. The number of aryl methyl sites for hydroxylation is 1. The highest BCUT2D eigenvalue weighted by molar-refractivity contribution is 5.07. The van der Waals surface area contributed by atoms with Crippen LogP contribution in [0, 0.1) is 5.41 Å². The van der Waals surface area contributed by atoms with Gasteiger partial charge in [-0.15, -0.1) is 0 Å². The lowest BCUT2D eigenvalue weighted by Gasteiger charge is -2.37. The molecule has 0 saturated heterocycles. The fourth-order valence-electron chi connectivity index (χ4n) is 2.85. The molecule has 1 aliphatic rings. The van der Waals surface area contributed by atoms with Crippen LogP contribution in [0.15, 0.2) is 12.4 Å². The molecular weight excluding hydrogens is 212 g/mol. The molecule has 0 amide bonds. The molecule has 1 heterocycles. The van der Waals surface area contributed by atoms with Crippen molar-refractivity contribution >= 4 is 0 Å². The third kappa shape index (κ3) is 2.89. The van der Waals surface area contributed by atoms with Crippen molar-refractivity contribution in [1.29, 1.82) is 0 Å². The monoisotopic (exact) mass is 236 g/mol. The molecule has 1 saturated carbocycles. The van der Waals surface area contributed by atoms with Crippen molar-refractivity contribution < 1.29 is 5.11 Å². The van der Waals surface area contributed by atoms with E-state index in [2.05, 4.69) is 25.1 Å². The lowest BCUT2D eigenvalue weighted by atomic mass is 9.70. The molecule has 0 radical (unpaired) electrons. The standard InChI is InChI=1S/C14H24N2O/c1-3-16-11-12(10-15-16)9-13(17)14(2)7-5-4-6-8-14/h10-11,13,17H,3-9H2,1-2H3. The van der Waals surface area contributed by atoms with E-state index in [1.54, 1.807) is 0 Å². The lowest BCUT2D eigenvalue weighted by Crippen LogP contribution is -2.35. The van der Waals surface area contributed by atoms with Gasteiger partial charge in [0.05, 0.1) is 12.3 Å². The third-order valence-electron chi connectivity index (χ3n) is 4.24. The van der Waals surface area contributed by atoms with Crippen LogP contribution in [0.5, 0.6) is 0 Å². The fourth-order valence-corrected chi connectivity index (χ4v) is 2.85. The van der Waals surface area contributed by atoms with Gasteiger partial charge in [0.2, 0.25) is 0 Å². The summed E-state index contributed by atoms with van der Waals surface area (Å²) in [5.74, 6) is 0. The number of aromatic nitrogens is 2. The van der Waals surface area contributed by atoms with Gasteiger partial charge in [-0.05, 0) is 30.7 Å². The van der Waals surface area contributed by atoms with Crippen LogP contribution in [0.25, 0.3) is 0 Å². The molecule has 1 aromatic rings. The molecule has 2 rings (SSSR count). The summed E-state index contributed by atoms with van der Waals surface area (Å²) in [4.78, 5) is 0. The summed E-state index contributed by atoms with van der Waals surface area (Å²) in [6.45, 7) is 5.21. The van der Waals surface area contributed by atoms with Crippen LogP contribution < -0.4 is 0 Å². The first-order chi connectivity index (χ1) is 8.14. The zero-order valence-corrected chi connectivity index (χ0v) is 11.0. The Morgan fingerprint density at radius 3 is 2.71 bits per heavy atom. The van der Waals surface area contributed by atoms with E-state index >= 15 is 0 Å². The molecule has 1 aromatic heterocycles. The largest absolute Gasteiger partial charge is 0.392 e. The van der Waals surface area contributed by atoms with Crippen LogP contribution in [-0.4, -0.2) is 21.0 Å². The number of aliphatic hydroxyl groups is 1. The van der Waals surface area contributed by atoms with Crippen molar-refractivity contribution in [3.63, 3.8) is 0 Å². The average molecular weight is 236 g/mol. The predicted octanol–water partition coefficient (Wildman–Crippen LogP) is 2.78. The maximum absolute atomic E-state index is 10.4. The zero-order chi connectivity index (χ0) is 12.3. The van der Waals surface area contributed by atoms with Gasteiger partial charge in [0.1, 0.15) is 0 Å². The highest BCUT2D eigenvalue weighted by Gasteiger charge is 2.34. The van der Waals surface area contributed by atoms with Gasteiger partial charge in [-0.1, -0.05) is 26.2 Å². The molecular formula is C14H24N2O. The van der Waals surface area contributed by atoms with E-state index in [0.717, 1.165) is 31.4 Å². The molecule has 1 N–H and O–H groups in total. The van der Waals surface area contributed by atoms with Crippen LogP contribution in [0.2, 0.25) is 0 Å². The number of rotatable bonds is 4. The normalized spacial score (nSPS) is 21.4. The second-order valence-corrected chi connectivity index (χ2v) is 5.64. The third-order valence-corrected chi connectivity index (χ3v) is 4.24. The minimum Gasteiger partial charge on any atom is -0.392 e.